The van der Waals surface area contributed by atoms with Gasteiger partial charge in [0.25, 0.3) is 5.56 Å². The van der Waals surface area contributed by atoms with E-state index in [1.807, 2.05) is 6.20 Å². The molecule has 2 rings (SSSR count). The monoisotopic (exact) mass is 250 g/mol. The molecule has 0 radical (unpaired) electrons. The molecule has 0 atom stereocenters. The van der Waals surface area contributed by atoms with Crippen molar-refractivity contribution in [2.45, 2.75) is 6.54 Å². The molecule has 8 heteroatoms. The van der Waals surface area contributed by atoms with Crippen LogP contribution in [0.3, 0.4) is 0 Å². The molecule has 2 heterocycles. The Morgan fingerprint density at radius 2 is 2.17 bits per heavy atom. The minimum Gasteiger partial charge on any atom is -0.383 e. The van der Waals surface area contributed by atoms with Crippen molar-refractivity contribution in [3.05, 3.63) is 38.8 Å². The predicted molar refractivity (Wildman–Crippen MR) is 67.3 cm³/mol. The molecule has 2 aromatic heterocycles. The van der Waals surface area contributed by atoms with Crippen LogP contribution in [0.2, 0.25) is 0 Å². The first-order valence-electron chi connectivity index (χ1n) is 5.29. The van der Waals surface area contributed by atoms with Crippen molar-refractivity contribution in [1.82, 2.24) is 19.3 Å². The minimum absolute atomic E-state index is 0.104. The zero-order chi connectivity index (χ0) is 13.3. The third kappa shape index (κ3) is 2.12. The maximum Gasteiger partial charge on any atom is 0.329 e. The summed E-state index contributed by atoms with van der Waals surface area (Å²) in [6, 6.07) is 0. The zero-order valence-corrected chi connectivity index (χ0v) is 10.1. The summed E-state index contributed by atoms with van der Waals surface area (Å²) in [5.41, 5.74) is 5.74. The Hall–Kier alpha value is -2.51. The molecular formula is C10H14N6O2. The number of nitrogens with two attached hydrogens (primary N) is 1. The quantitative estimate of drug-likeness (QED) is 0.647. The number of anilines is 2. The van der Waals surface area contributed by atoms with Crippen LogP contribution in [0, 0.1) is 0 Å². The Kier molecular flexibility index (Phi) is 2.92. The van der Waals surface area contributed by atoms with E-state index in [1.54, 1.807) is 17.9 Å². The Balaban J connectivity index is 2.27. The van der Waals surface area contributed by atoms with Crippen LogP contribution in [-0.2, 0) is 20.6 Å². The number of aryl methyl sites for hydroxylation is 1. The number of hydrogen-bond acceptors (Lipinski definition) is 5. The molecule has 0 aliphatic rings. The van der Waals surface area contributed by atoms with Gasteiger partial charge in [0.15, 0.2) is 0 Å². The summed E-state index contributed by atoms with van der Waals surface area (Å²) in [6.45, 7) is 0.402. The van der Waals surface area contributed by atoms with Gasteiger partial charge in [0, 0.05) is 32.4 Å². The van der Waals surface area contributed by atoms with Crippen molar-refractivity contribution in [2.75, 3.05) is 11.1 Å². The van der Waals surface area contributed by atoms with Crippen LogP contribution in [0.4, 0.5) is 11.5 Å². The molecule has 2 aromatic rings. The molecule has 0 unspecified atom stereocenters. The molecule has 0 saturated carbocycles. The molecule has 0 amide bonds. The molecule has 18 heavy (non-hydrogen) atoms. The summed E-state index contributed by atoms with van der Waals surface area (Å²) in [5, 5.41) is 6.91. The molecule has 0 bridgehead atoms. The van der Waals surface area contributed by atoms with E-state index in [4.69, 9.17) is 5.73 Å². The van der Waals surface area contributed by atoms with Gasteiger partial charge in [0.05, 0.1) is 6.20 Å². The molecule has 0 aliphatic carbocycles. The number of nitrogens with zero attached hydrogens (tertiary/aromatic N) is 3. The first kappa shape index (κ1) is 12.0. The number of rotatable bonds is 3. The van der Waals surface area contributed by atoms with Gasteiger partial charge in [-0.2, -0.15) is 5.10 Å². The molecule has 0 aliphatic heterocycles. The average molecular weight is 250 g/mol. The van der Waals surface area contributed by atoms with E-state index < -0.39 is 11.2 Å². The van der Waals surface area contributed by atoms with Crippen molar-refractivity contribution in [3.8, 4) is 0 Å². The van der Waals surface area contributed by atoms with Gasteiger partial charge in [-0.3, -0.25) is 19.0 Å². The Labute approximate surface area is 102 Å². The lowest BCUT2D eigenvalue weighted by Gasteiger charge is -2.09. The fourth-order valence-electron chi connectivity index (χ4n) is 1.56. The zero-order valence-electron chi connectivity index (χ0n) is 10.1. The van der Waals surface area contributed by atoms with E-state index in [2.05, 4.69) is 15.4 Å². The number of hydrogen-bond donors (Lipinski definition) is 3. The smallest absolute Gasteiger partial charge is 0.329 e. The minimum atomic E-state index is -0.538. The molecule has 8 nitrogen and oxygen atoms in total. The lowest BCUT2D eigenvalue weighted by Crippen LogP contribution is -2.32. The van der Waals surface area contributed by atoms with E-state index in [-0.39, 0.29) is 11.5 Å². The van der Waals surface area contributed by atoms with Crippen molar-refractivity contribution in [2.24, 2.45) is 14.1 Å². The maximum atomic E-state index is 11.6. The van der Waals surface area contributed by atoms with Gasteiger partial charge >= 0.3 is 5.69 Å². The van der Waals surface area contributed by atoms with Gasteiger partial charge in [-0.25, -0.2) is 4.79 Å². The van der Waals surface area contributed by atoms with Gasteiger partial charge in [-0.05, 0) is 0 Å². The SMILES string of the molecule is Cn1cc(CNc2c(N)n(C)c(=O)[nH]c2=O)cn1. The normalized spacial score (nSPS) is 10.6. The molecular weight excluding hydrogens is 236 g/mol. The Bertz CT molecular complexity index is 680. The Morgan fingerprint density at radius 3 is 2.78 bits per heavy atom. The lowest BCUT2D eigenvalue weighted by molar-refractivity contribution is 0.767. The third-order valence-corrected chi connectivity index (χ3v) is 2.60. The first-order chi connectivity index (χ1) is 8.49. The molecule has 4 N–H and O–H groups in total. The van der Waals surface area contributed by atoms with E-state index in [0.717, 1.165) is 5.56 Å². The molecule has 0 aromatic carbocycles. The van der Waals surface area contributed by atoms with Gasteiger partial charge in [-0.15, -0.1) is 0 Å². The number of H-pyrrole nitrogens is 1. The topological polar surface area (TPSA) is 111 Å². The summed E-state index contributed by atoms with van der Waals surface area (Å²) in [5.74, 6) is 0.104. The van der Waals surface area contributed by atoms with Crippen molar-refractivity contribution >= 4 is 11.5 Å². The second-order valence-electron chi connectivity index (χ2n) is 3.95. The molecule has 0 spiro atoms. The lowest BCUT2D eigenvalue weighted by atomic mass is 10.3. The summed E-state index contributed by atoms with van der Waals surface area (Å²) in [6.07, 6.45) is 3.50. The second-order valence-corrected chi connectivity index (χ2v) is 3.95. The first-order valence-corrected chi connectivity index (χ1v) is 5.29. The van der Waals surface area contributed by atoms with E-state index in [1.165, 1.54) is 11.6 Å². The van der Waals surface area contributed by atoms with Gasteiger partial charge in [0.1, 0.15) is 11.5 Å². The van der Waals surface area contributed by atoms with Crippen LogP contribution in [0.5, 0.6) is 0 Å². The molecule has 96 valence electrons. The van der Waals surface area contributed by atoms with Crippen LogP contribution in [-0.4, -0.2) is 19.3 Å². The van der Waals surface area contributed by atoms with Crippen LogP contribution < -0.4 is 22.3 Å². The number of aromatic nitrogens is 4. The van der Waals surface area contributed by atoms with E-state index in [9.17, 15) is 9.59 Å². The highest BCUT2D eigenvalue weighted by atomic mass is 16.2. The molecule has 0 fully saturated rings. The predicted octanol–water partition coefficient (Wildman–Crippen LogP) is -0.999. The summed E-state index contributed by atoms with van der Waals surface area (Å²) in [7, 11) is 3.29. The summed E-state index contributed by atoms with van der Waals surface area (Å²) < 4.78 is 2.83. The van der Waals surface area contributed by atoms with Crippen molar-refractivity contribution < 1.29 is 0 Å². The van der Waals surface area contributed by atoms with Crippen LogP contribution in [0.1, 0.15) is 5.56 Å². The summed E-state index contributed by atoms with van der Waals surface area (Å²) in [4.78, 5) is 25.1. The number of aromatic amines is 1. The highest BCUT2D eigenvalue weighted by molar-refractivity contribution is 5.60. The number of nitrogens with one attached hydrogen (secondary N) is 2. The number of nitrogen functional groups attached to an aromatic ring is 1. The van der Waals surface area contributed by atoms with Crippen LogP contribution in [0.15, 0.2) is 22.0 Å². The highest BCUT2D eigenvalue weighted by Gasteiger charge is 2.09. The molecule has 0 saturated heterocycles. The van der Waals surface area contributed by atoms with Crippen molar-refractivity contribution in [3.63, 3.8) is 0 Å². The third-order valence-electron chi connectivity index (χ3n) is 2.60. The average Bonchev–Trinajstić information content (AvgIpc) is 2.72. The van der Waals surface area contributed by atoms with Gasteiger partial charge in [-0.1, -0.05) is 0 Å². The van der Waals surface area contributed by atoms with Crippen LogP contribution >= 0.6 is 0 Å². The fourth-order valence-corrected chi connectivity index (χ4v) is 1.56. The standard InChI is InChI=1S/C10H14N6O2/c1-15-5-6(4-13-15)3-12-7-8(11)16(2)10(18)14-9(7)17/h4-5,12H,3,11H2,1-2H3,(H,14,17,18). The van der Waals surface area contributed by atoms with E-state index in [0.29, 0.717) is 6.54 Å². The van der Waals surface area contributed by atoms with Crippen LogP contribution in [0.25, 0.3) is 0 Å². The fraction of sp³-hybridized carbons (Fsp3) is 0.300. The Morgan fingerprint density at radius 1 is 1.44 bits per heavy atom. The largest absolute Gasteiger partial charge is 0.383 e. The second kappa shape index (κ2) is 4.40. The van der Waals surface area contributed by atoms with Crippen molar-refractivity contribution in [1.29, 1.82) is 0 Å². The van der Waals surface area contributed by atoms with Gasteiger partial charge < -0.3 is 11.1 Å². The highest BCUT2D eigenvalue weighted by Crippen LogP contribution is 2.10. The van der Waals surface area contributed by atoms with E-state index >= 15 is 0 Å². The summed E-state index contributed by atoms with van der Waals surface area (Å²) >= 11 is 0. The van der Waals surface area contributed by atoms with Gasteiger partial charge in [0.2, 0.25) is 0 Å². The maximum absolute atomic E-state index is 11.6.